The lowest BCUT2D eigenvalue weighted by molar-refractivity contribution is 0.0963. The molecule has 1 unspecified atom stereocenters. The summed E-state index contributed by atoms with van der Waals surface area (Å²) < 4.78 is 0. The summed E-state index contributed by atoms with van der Waals surface area (Å²) in [5.41, 5.74) is 6.75. The standard InChI is InChI=1S/C12H16ClNO/c1-3-8(2)6-12(15)9-4-5-10(13)11(14)7-9/h4-5,7-8H,3,6,14H2,1-2H3. The Hall–Kier alpha value is -1.02. The van der Waals surface area contributed by atoms with Crippen molar-refractivity contribution in [3.63, 3.8) is 0 Å². The molecular formula is C12H16ClNO. The van der Waals surface area contributed by atoms with Gasteiger partial charge in [0.1, 0.15) is 0 Å². The van der Waals surface area contributed by atoms with Crippen LogP contribution in [0.25, 0.3) is 0 Å². The van der Waals surface area contributed by atoms with Gasteiger partial charge in [-0.05, 0) is 24.1 Å². The molecule has 1 rings (SSSR count). The molecule has 0 aliphatic heterocycles. The van der Waals surface area contributed by atoms with Crippen molar-refractivity contribution >= 4 is 23.1 Å². The second kappa shape index (κ2) is 5.17. The Morgan fingerprint density at radius 1 is 1.53 bits per heavy atom. The van der Waals surface area contributed by atoms with Gasteiger partial charge in [0.25, 0.3) is 0 Å². The molecule has 15 heavy (non-hydrogen) atoms. The maximum Gasteiger partial charge on any atom is 0.163 e. The lowest BCUT2D eigenvalue weighted by Gasteiger charge is -2.08. The Kier molecular flexibility index (Phi) is 4.15. The van der Waals surface area contributed by atoms with Crippen LogP contribution in [-0.4, -0.2) is 5.78 Å². The smallest absolute Gasteiger partial charge is 0.163 e. The number of rotatable bonds is 4. The number of hydrogen-bond donors (Lipinski definition) is 1. The Balaban J connectivity index is 2.78. The van der Waals surface area contributed by atoms with Gasteiger partial charge in [-0.15, -0.1) is 0 Å². The number of halogens is 1. The highest BCUT2D eigenvalue weighted by atomic mass is 35.5. The van der Waals surface area contributed by atoms with Crippen molar-refractivity contribution in [3.05, 3.63) is 28.8 Å². The summed E-state index contributed by atoms with van der Waals surface area (Å²) in [7, 11) is 0. The van der Waals surface area contributed by atoms with Gasteiger partial charge in [0.2, 0.25) is 0 Å². The number of nitrogens with two attached hydrogens (primary N) is 1. The minimum Gasteiger partial charge on any atom is -0.398 e. The fourth-order valence-corrected chi connectivity index (χ4v) is 1.41. The predicted molar refractivity (Wildman–Crippen MR) is 64.3 cm³/mol. The maximum absolute atomic E-state index is 11.8. The molecule has 3 heteroatoms. The van der Waals surface area contributed by atoms with E-state index in [2.05, 4.69) is 13.8 Å². The van der Waals surface area contributed by atoms with Crippen LogP contribution in [0.1, 0.15) is 37.0 Å². The van der Waals surface area contributed by atoms with E-state index in [0.29, 0.717) is 28.6 Å². The fourth-order valence-electron chi connectivity index (χ4n) is 1.30. The van der Waals surface area contributed by atoms with Crippen molar-refractivity contribution in [3.8, 4) is 0 Å². The van der Waals surface area contributed by atoms with E-state index in [-0.39, 0.29) is 5.78 Å². The van der Waals surface area contributed by atoms with Crippen LogP contribution in [0.5, 0.6) is 0 Å². The van der Waals surface area contributed by atoms with Crippen LogP contribution in [0.4, 0.5) is 5.69 Å². The average molecular weight is 226 g/mol. The molecule has 2 N–H and O–H groups in total. The van der Waals surface area contributed by atoms with Gasteiger partial charge in [0, 0.05) is 12.0 Å². The topological polar surface area (TPSA) is 43.1 Å². The molecule has 0 saturated carbocycles. The third kappa shape index (κ3) is 3.24. The van der Waals surface area contributed by atoms with Gasteiger partial charge in [0.15, 0.2) is 5.78 Å². The van der Waals surface area contributed by atoms with Gasteiger partial charge in [-0.1, -0.05) is 31.9 Å². The minimum absolute atomic E-state index is 0.132. The molecule has 0 radical (unpaired) electrons. The molecule has 0 bridgehead atoms. The van der Waals surface area contributed by atoms with Crippen molar-refractivity contribution < 1.29 is 4.79 Å². The van der Waals surface area contributed by atoms with E-state index in [0.717, 1.165) is 6.42 Å². The number of anilines is 1. The zero-order chi connectivity index (χ0) is 11.4. The van der Waals surface area contributed by atoms with Gasteiger partial charge in [-0.25, -0.2) is 0 Å². The second-order valence-electron chi connectivity index (χ2n) is 3.88. The molecular weight excluding hydrogens is 210 g/mol. The van der Waals surface area contributed by atoms with Crippen LogP contribution in [0.2, 0.25) is 5.02 Å². The summed E-state index contributed by atoms with van der Waals surface area (Å²) in [5, 5.41) is 0.495. The Labute approximate surface area is 95.4 Å². The molecule has 0 aliphatic rings. The van der Waals surface area contributed by atoms with Crippen LogP contribution < -0.4 is 5.73 Å². The summed E-state index contributed by atoms with van der Waals surface area (Å²) in [6.07, 6.45) is 1.58. The van der Waals surface area contributed by atoms with E-state index >= 15 is 0 Å². The Morgan fingerprint density at radius 2 is 2.20 bits per heavy atom. The third-order valence-corrected chi connectivity index (χ3v) is 2.89. The first-order valence-corrected chi connectivity index (χ1v) is 5.50. The Bertz CT molecular complexity index is 363. The van der Waals surface area contributed by atoms with Crippen molar-refractivity contribution in [2.75, 3.05) is 5.73 Å². The van der Waals surface area contributed by atoms with Gasteiger partial charge in [0.05, 0.1) is 10.7 Å². The molecule has 0 aromatic heterocycles. The molecule has 0 fully saturated rings. The van der Waals surface area contributed by atoms with Crippen LogP contribution >= 0.6 is 11.6 Å². The van der Waals surface area contributed by atoms with E-state index in [1.807, 2.05) is 0 Å². The molecule has 1 aromatic carbocycles. The Morgan fingerprint density at radius 3 is 2.73 bits per heavy atom. The van der Waals surface area contributed by atoms with Gasteiger partial charge >= 0.3 is 0 Å². The first-order valence-electron chi connectivity index (χ1n) is 5.12. The van der Waals surface area contributed by atoms with Gasteiger partial charge < -0.3 is 5.73 Å². The quantitative estimate of drug-likeness (QED) is 0.629. The molecule has 1 atom stereocenters. The van der Waals surface area contributed by atoms with E-state index in [9.17, 15) is 4.79 Å². The van der Waals surface area contributed by atoms with E-state index in [1.165, 1.54) is 0 Å². The van der Waals surface area contributed by atoms with Crippen LogP contribution in [-0.2, 0) is 0 Å². The summed E-state index contributed by atoms with van der Waals surface area (Å²) in [6.45, 7) is 4.14. The highest BCUT2D eigenvalue weighted by Gasteiger charge is 2.10. The van der Waals surface area contributed by atoms with Crippen LogP contribution in [0.3, 0.4) is 0 Å². The van der Waals surface area contributed by atoms with Gasteiger partial charge in [-0.3, -0.25) is 4.79 Å². The molecule has 82 valence electrons. The highest BCUT2D eigenvalue weighted by molar-refractivity contribution is 6.33. The summed E-state index contributed by atoms with van der Waals surface area (Å²) >= 11 is 5.78. The van der Waals surface area contributed by atoms with Crippen molar-refractivity contribution in [2.45, 2.75) is 26.7 Å². The van der Waals surface area contributed by atoms with E-state index < -0.39 is 0 Å². The summed E-state index contributed by atoms with van der Waals surface area (Å²) in [6, 6.07) is 5.04. The third-order valence-electron chi connectivity index (χ3n) is 2.55. The van der Waals surface area contributed by atoms with E-state index in [4.69, 9.17) is 17.3 Å². The number of hydrogen-bond acceptors (Lipinski definition) is 2. The first-order chi connectivity index (χ1) is 7.04. The monoisotopic (exact) mass is 225 g/mol. The number of ketones is 1. The largest absolute Gasteiger partial charge is 0.398 e. The number of Topliss-reactive ketones (excluding diaryl/α,β-unsaturated/α-hetero) is 1. The second-order valence-corrected chi connectivity index (χ2v) is 4.28. The number of benzene rings is 1. The fraction of sp³-hybridized carbons (Fsp3) is 0.417. The van der Waals surface area contributed by atoms with Crippen LogP contribution in [0, 0.1) is 5.92 Å². The molecule has 1 aromatic rings. The zero-order valence-corrected chi connectivity index (χ0v) is 9.84. The minimum atomic E-state index is 0.132. The lowest BCUT2D eigenvalue weighted by Crippen LogP contribution is -2.05. The molecule has 0 spiro atoms. The number of carbonyl (C=O) groups is 1. The first kappa shape index (κ1) is 12.1. The van der Waals surface area contributed by atoms with Crippen molar-refractivity contribution in [1.29, 1.82) is 0 Å². The predicted octanol–water partition coefficient (Wildman–Crippen LogP) is 3.54. The van der Waals surface area contributed by atoms with Crippen molar-refractivity contribution in [2.24, 2.45) is 5.92 Å². The van der Waals surface area contributed by atoms with Gasteiger partial charge in [-0.2, -0.15) is 0 Å². The molecule has 0 saturated heterocycles. The lowest BCUT2D eigenvalue weighted by atomic mass is 9.98. The molecule has 0 amide bonds. The number of nitrogen functional groups attached to an aromatic ring is 1. The normalized spacial score (nSPS) is 12.5. The molecule has 2 nitrogen and oxygen atoms in total. The van der Waals surface area contributed by atoms with Crippen molar-refractivity contribution in [1.82, 2.24) is 0 Å². The number of carbonyl (C=O) groups excluding carboxylic acids is 1. The maximum atomic E-state index is 11.8. The highest BCUT2D eigenvalue weighted by Crippen LogP contribution is 2.21. The summed E-state index contributed by atoms with van der Waals surface area (Å²) in [4.78, 5) is 11.8. The van der Waals surface area contributed by atoms with E-state index in [1.54, 1.807) is 18.2 Å². The SMILES string of the molecule is CCC(C)CC(=O)c1ccc(Cl)c(N)c1. The summed E-state index contributed by atoms with van der Waals surface area (Å²) in [5.74, 6) is 0.544. The van der Waals surface area contributed by atoms with Crippen LogP contribution in [0.15, 0.2) is 18.2 Å². The zero-order valence-electron chi connectivity index (χ0n) is 9.09. The molecule has 0 aliphatic carbocycles. The average Bonchev–Trinajstić information content (AvgIpc) is 2.21. The molecule has 0 heterocycles.